The van der Waals surface area contributed by atoms with Crippen molar-refractivity contribution >= 4 is 23.0 Å². The molecule has 2 N–H and O–H groups in total. The SMILES string of the molecule is C=C(C)c1cnc2nc1NCCCOc1nn(C3CCOCC3)c(C)c1N2. The number of aromatic nitrogens is 4. The standard InChI is InChI=1S/C19H26N6O2/c1-12(2)15-11-21-19-22-16-13(3)25(14-5-9-26-10-6-14)24-18(16)27-8-4-7-20-17(15)23-19/h11,14H,1,4-10H2,2-3H3,(H2,20,21,22,23). The summed E-state index contributed by atoms with van der Waals surface area (Å²) in [6, 6.07) is 0.327. The number of nitrogens with zero attached hydrogens (tertiary/aromatic N) is 4. The van der Waals surface area contributed by atoms with E-state index in [1.165, 1.54) is 0 Å². The average Bonchev–Trinajstić information content (AvgIpc) is 2.96. The first-order chi connectivity index (χ1) is 13.1. The van der Waals surface area contributed by atoms with E-state index in [1.807, 2.05) is 6.92 Å². The van der Waals surface area contributed by atoms with Gasteiger partial charge < -0.3 is 20.1 Å². The van der Waals surface area contributed by atoms with Gasteiger partial charge in [-0.1, -0.05) is 6.58 Å². The monoisotopic (exact) mass is 370 g/mol. The molecule has 0 atom stereocenters. The van der Waals surface area contributed by atoms with Gasteiger partial charge in [0.15, 0.2) is 0 Å². The predicted octanol–water partition coefficient (Wildman–Crippen LogP) is 3.30. The molecule has 8 nitrogen and oxygen atoms in total. The fraction of sp³-hybridized carbons (Fsp3) is 0.526. The number of fused-ring (bicyclic) bond motifs is 3. The van der Waals surface area contributed by atoms with Crippen molar-refractivity contribution in [2.45, 2.75) is 39.2 Å². The number of nitrogens with one attached hydrogen (secondary N) is 2. The molecule has 0 unspecified atom stereocenters. The Morgan fingerprint density at radius 3 is 2.89 bits per heavy atom. The van der Waals surface area contributed by atoms with Crippen LogP contribution in [0.3, 0.4) is 0 Å². The third-order valence-corrected chi connectivity index (χ3v) is 4.99. The number of anilines is 3. The van der Waals surface area contributed by atoms with Crippen LogP contribution in [-0.4, -0.2) is 46.1 Å². The Balaban J connectivity index is 1.71. The van der Waals surface area contributed by atoms with Crippen LogP contribution in [0.5, 0.6) is 5.88 Å². The molecular formula is C19H26N6O2. The molecule has 0 radical (unpaired) electrons. The van der Waals surface area contributed by atoms with Crippen LogP contribution < -0.4 is 15.4 Å². The van der Waals surface area contributed by atoms with Crippen molar-refractivity contribution in [2.24, 2.45) is 0 Å². The van der Waals surface area contributed by atoms with Crippen molar-refractivity contribution in [3.05, 3.63) is 24.0 Å². The van der Waals surface area contributed by atoms with E-state index in [2.05, 4.69) is 38.8 Å². The van der Waals surface area contributed by atoms with Crippen LogP contribution >= 0.6 is 0 Å². The van der Waals surface area contributed by atoms with Crippen LogP contribution in [0.2, 0.25) is 0 Å². The Kier molecular flexibility index (Phi) is 4.98. The highest BCUT2D eigenvalue weighted by Crippen LogP contribution is 2.34. The third-order valence-electron chi connectivity index (χ3n) is 4.99. The first-order valence-electron chi connectivity index (χ1n) is 9.47. The lowest BCUT2D eigenvalue weighted by Gasteiger charge is -2.23. The van der Waals surface area contributed by atoms with E-state index in [1.54, 1.807) is 6.20 Å². The second-order valence-corrected chi connectivity index (χ2v) is 7.04. The van der Waals surface area contributed by atoms with E-state index in [4.69, 9.17) is 14.6 Å². The fourth-order valence-corrected chi connectivity index (χ4v) is 3.47. The van der Waals surface area contributed by atoms with Gasteiger partial charge in [-0.05, 0) is 38.7 Å². The van der Waals surface area contributed by atoms with Crippen molar-refractivity contribution in [3.63, 3.8) is 0 Å². The normalized spacial score (nSPS) is 17.7. The third kappa shape index (κ3) is 3.62. The molecule has 144 valence electrons. The molecule has 0 aromatic carbocycles. The van der Waals surface area contributed by atoms with Gasteiger partial charge in [-0.25, -0.2) is 4.98 Å². The molecule has 2 aromatic rings. The first kappa shape index (κ1) is 17.8. The van der Waals surface area contributed by atoms with Gasteiger partial charge in [0.1, 0.15) is 11.5 Å². The zero-order valence-electron chi connectivity index (χ0n) is 15.9. The van der Waals surface area contributed by atoms with Gasteiger partial charge in [-0.3, -0.25) is 4.68 Å². The Morgan fingerprint density at radius 1 is 1.30 bits per heavy atom. The largest absolute Gasteiger partial charge is 0.475 e. The molecular weight excluding hydrogens is 344 g/mol. The van der Waals surface area contributed by atoms with Crippen LogP contribution in [0, 0.1) is 6.92 Å². The van der Waals surface area contributed by atoms with Crippen molar-refractivity contribution in [1.82, 2.24) is 19.7 Å². The molecule has 2 bridgehead atoms. The van der Waals surface area contributed by atoms with Gasteiger partial charge in [0.2, 0.25) is 5.95 Å². The van der Waals surface area contributed by atoms with E-state index < -0.39 is 0 Å². The molecule has 0 aliphatic carbocycles. The minimum absolute atomic E-state index is 0.327. The summed E-state index contributed by atoms with van der Waals surface area (Å²) < 4.78 is 13.5. The summed E-state index contributed by atoms with van der Waals surface area (Å²) in [4.78, 5) is 9.11. The maximum absolute atomic E-state index is 5.99. The minimum Gasteiger partial charge on any atom is -0.475 e. The summed E-state index contributed by atoms with van der Waals surface area (Å²) in [5.74, 6) is 1.91. The fourth-order valence-electron chi connectivity index (χ4n) is 3.47. The number of hydrogen-bond donors (Lipinski definition) is 2. The number of allylic oxidation sites excluding steroid dienone is 1. The first-order valence-corrected chi connectivity index (χ1v) is 9.47. The van der Waals surface area contributed by atoms with E-state index in [9.17, 15) is 0 Å². The molecule has 2 aliphatic heterocycles. The van der Waals surface area contributed by atoms with Gasteiger partial charge in [0.05, 0.1) is 18.3 Å². The lowest BCUT2D eigenvalue weighted by Crippen LogP contribution is -2.21. The van der Waals surface area contributed by atoms with E-state index in [-0.39, 0.29) is 0 Å². The van der Waals surface area contributed by atoms with E-state index >= 15 is 0 Å². The summed E-state index contributed by atoms with van der Waals surface area (Å²) in [6.07, 6.45) is 4.56. The molecule has 1 fully saturated rings. The van der Waals surface area contributed by atoms with Gasteiger partial charge in [0, 0.05) is 31.5 Å². The highest BCUT2D eigenvalue weighted by molar-refractivity contribution is 5.72. The Morgan fingerprint density at radius 2 is 2.11 bits per heavy atom. The van der Waals surface area contributed by atoms with Crippen LogP contribution in [0.1, 0.15) is 43.5 Å². The quantitative estimate of drug-likeness (QED) is 0.839. The van der Waals surface area contributed by atoms with Gasteiger partial charge in [0.25, 0.3) is 5.88 Å². The second-order valence-electron chi connectivity index (χ2n) is 7.04. The molecule has 1 saturated heterocycles. The highest BCUT2D eigenvalue weighted by Gasteiger charge is 2.24. The molecule has 0 amide bonds. The molecule has 0 saturated carbocycles. The summed E-state index contributed by atoms with van der Waals surface area (Å²) in [5, 5.41) is 11.4. The molecule has 8 heteroatoms. The number of hydrogen-bond acceptors (Lipinski definition) is 7. The van der Waals surface area contributed by atoms with Crippen molar-refractivity contribution < 1.29 is 9.47 Å². The van der Waals surface area contributed by atoms with Crippen LogP contribution in [-0.2, 0) is 4.74 Å². The smallest absolute Gasteiger partial charge is 0.257 e. The van der Waals surface area contributed by atoms with Crippen molar-refractivity contribution in [2.75, 3.05) is 37.0 Å². The molecule has 0 spiro atoms. The Bertz CT molecular complexity index is 841. The molecule has 4 rings (SSSR count). The van der Waals surface area contributed by atoms with Gasteiger partial charge >= 0.3 is 0 Å². The van der Waals surface area contributed by atoms with Crippen LogP contribution in [0.15, 0.2) is 12.8 Å². The molecule has 27 heavy (non-hydrogen) atoms. The van der Waals surface area contributed by atoms with Crippen LogP contribution in [0.25, 0.3) is 5.57 Å². The summed E-state index contributed by atoms with van der Waals surface area (Å²) in [6.45, 7) is 10.9. The topological polar surface area (TPSA) is 86.1 Å². The average molecular weight is 370 g/mol. The predicted molar refractivity (Wildman–Crippen MR) is 105 cm³/mol. The highest BCUT2D eigenvalue weighted by atomic mass is 16.5. The molecule has 4 heterocycles. The maximum atomic E-state index is 5.99. The summed E-state index contributed by atoms with van der Waals surface area (Å²) in [5.41, 5.74) is 3.71. The Hall–Kier alpha value is -2.61. The van der Waals surface area contributed by atoms with Crippen molar-refractivity contribution in [3.8, 4) is 5.88 Å². The number of ether oxygens (including phenoxy) is 2. The van der Waals surface area contributed by atoms with Crippen molar-refractivity contribution in [1.29, 1.82) is 0 Å². The zero-order chi connectivity index (χ0) is 18.8. The Labute approximate surface area is 159 Å². The van der Waals surface area contributed by atoms with E-state index in [0.717, 1.165) is 67.4 Å². The second kappa shape index (κ2) is 7.56. The van der Waals surface area contributed by atoms with E-state index in [0.29, 0.717) is 24.5 Å². The lowest BCUT2D eigenvalue weighted by atomic mass is 10.1. The zero-order valence-corrected chi connectivity index (χ0v) is 15.9. The summed E-state index contributed by atoms with van der Waals surface area (Å²) in [7, 11) is 0. The molecule has 2 aromatic heterocycles. The minimum atomic E-state index is 0.327. The maximum Gasteiger partial charge on any atom is 0.257 e. The van der Waals surface area contributed by atoms with Gasteiger partial charge in [-0.2, -0.15) is 4.98 Å². The van der Waals surface area contributed by atoms with Crippen LogP contribution in [0.4, 0.5) is 17.5 Å². The lowest BCUT2D eigenvalue weighted by molar-refractivity contribution is 0.0652. The number of rotatable bonds is 2. The summed E-state index contributed by atoms with van der Waals surface area (Å²) >= 11 is 0. The van der Waals surface area contributed by atoms with Gasteiger partial charge in [-0.15, -0.1) is 5.10 Å². The molecule has 2 aliphatic rings.